The Balaban J connectivity index is 0.000000925. The first kappa shape index (κ1) is 17.7. The van der Waals surface area contributed by atoms with Crippen molar-refractivity contribution in [3.63, 3.8) is 0 Å². The summed E-state index contributed by atoms with van der Waals surface area (Å²) in [5, 5.41) is 6.58. The number of likely N-dealkylation sites (tertiary alicyclic amines) is 1. The Kier molecular flexibility index (Phi) is 6.36. The number of nitrogens with one attached hydrogen (secondary N) is 1. The van der Waals surface area contributed by atoms with Gasteiger partial charge in [-0.25, -0.2) is 4.52 Å². The van der Waals surface area contributed by atoms with Crippen molar-refractivity contribution >= 4 is 17.3 Å². The van der Waals surface area contributed by atoms with Gasteiger partial charge < -0.3 is 20.9 Å². The van der Waals surface area contributed by atoms with Gasteiger partial charge in [0.15, 0.2) is 0 Å². The van der Waals surface area contributed by atoms with E-state index in [1.165, 1.54) is 7.40 Å². The van der Waals surface area contributed by atoms with E-state index in [1.54, 1.807) is 21.8 Å². The van der Waals surface area contributed by atoms with Crippen molar-refractivity contribution in [2.75, 3.05) is 13.1 Å². The predicted molar refractivity (Wildman–Crippen MR) is 82.7 cm³/mol. The predicted octanol–water partition coefficient (Wildman–Crippen LogP) is 1.45. The van der Waals surface area contributed by atoms with Gasteiger partial charge in [0, 0.05) is 40.3 Å². The van der Waals surface area contributed by atoms with E-state index in [4.69, 9.17) is 1.37 Å². The Morgan fingerprint density at radius 3 is 3.00 bits per heavy atom. The summed E-state index contributed by atoms with van der Waals surface area (Å²) in [6, 6.07) is 5.56. The van der Waals surface area contributed by atoms with E-state index in [-0.39, 0.29) is 44.5 Å². The number of aromatic nitrogens is 2. The number of nitrogens with zero attached hydrogens (tertiary/aromatic N) is 3. The standard InChI is InChI=1S/C15H14N4O2.CH4.Y/c1-2-16-14(20)11-6-8-18(10-11)15(21)12-9-17-19-7-4-3-5-13(12)19;;/h3-5,7,9H,1,6,8,10H2,(H,16,20);1H4;/q-2;;/i;1T;. The zero-order valence-corrected chi connectivity index (χ0v) is 15.8. The van der Waals surface area contributed by atoms with Crippen LogP contribution in [-0.2, 0) is 37.5 Å². The molecule has 1 fully saturated rings. The molecular weight excluding hydrogens is 369 g/mol. The molecule has 119 valence electrons. The topological polar surface area (TPSA) is 66.7 Å². The largest absolute Gasteiger partial charge is 0.521 e. The van der Waals surface area contributed by atoms with Crippen molar-refractivity contribution < 1.29 is 43.7 Å². The number of carbonyl (C=O) groups excluding carboxylic acids is 2. The maximum absolute atomic E-state index is 12.5. The fourth-order valence-corrected chi connectivity index (χ4v) is 2.46. The molecular formula is C16H18N4O2Y-2. The van der Waals surface area contributed by atoms with Gasteiger partial charge >= 0.3 is 0 Å². The average Bonchev–Trinajstić information content (AvgIpc) is 3.24. The minimum atomic E-state index is -0.222. The van der Waals surface area contributed by atoms with E-state index in [2.05, 4.69) is 23.2 Å². The van der Waals surface area contributed by atoms with E-state index in [0.29, 0.717) is 31.0 Å². The molecule has 2 aromatic rings. The normalized spacial score (nSPS) is 13.5. The van der Waals surface area contributed by atoms with Gasteiger partial charge in [-0.05, 0) is 18.7 Å². The number of hydrogen-bond donors (Lipinski definition) is 1. The number of fused-ring (bicyclic) bond motifs is 1. The molecule has 6 nitrogen and oxygen atoms in total. The first-order valence-electron chi connectivity index (χ1n) is 7.59. The van der Waals surface area contributed by atoms with Crippen LogP contribution in [0.3, 0.4) is 0 Å². The second kappa shape index (κ2) is 8.27. The van der Waals surface area contributed by atoms with Crippen LogP contribution in [0.4, 0.5) is 0 Å². The molecule has 1 aliphatic rings. The fraction of sp³-hybridized carbons (Fsp3) is 0.250. The van der Waals surface area contributed by atoms with E-state index < -0.39 is 0 Å². The fourth-order valence-electron chi connectivity index (χ4n) is 2.46. The van der Waals surface area contributed by atoms with Gasteiger partial charge in [-0.15, -0.1) is 0 Å². The van der Waals surface area contributed by atoms with Gasteiger partial charge in [0.1, 0.15) is 0 Å². The van der Waals surface area contributed by atoms with E-state index >= 15 is 0 Å². The molecule has 1 saturated heterocycles. The van der Waals surface area contributed by atoms with Crippen molar-refractivity contribution in [2.45, 2.75) is 13.8 Å². The Hall–Kier alpha value is -1.66. The number of carbonyl (C=O) groups is 2. The van der Waals surface area contributed by atoms with Crippen LogP contribution in [0.15, 0.2) is 37.2 Å². The van der Waals surface area contributed by atoms with Crippen LogP contribution in [-0.4, -0.2) is 39.4 Å². The summed E-state index contributed by atoms with van der Waals surface area (Å²) in [6.07, 6.45) is 6.28. The number of hydrogen-bond acceptors (Lipinski definition) is 3. The first-order chi connectivity index (χ1) is 11.2. The summed E-state index contributed by atoms with van der Waals surface area (Å²) in [5.41, 5.74) is 1.31. The minimum Gasteiger partial charge on any atom is -0.521 e. The molecule has 0 saturated carbocycles. The van der Waals surface area contributed by atoms with Crippen LogP contribution in [0.1, 0.15) is 25.6 Å². The summed E-state index contributed by atoms with van der Waals surface area (Å²) in [6.45, 7) is 4.20. The Bertz CT molecular complexity index is 719. The van der Waals surface area contributed by atoms with Gasteiger partial charge in [-0.2, -0.15) is 24.3 Å². The molecule has 3 rings (SSSR count). The van der Waals surface area contributed by atoms with Crippen LogP contribution in [0, 0.1) is 12.1 Å². The third-order valence-corrected chi connectivity index (χ3v) is 3.53. The molecule has 1 radical (unpaired) electrons. The zero-order chi connectivity index (χ0) is 16.8. The molecule has 2 aromatic heterocycles. The van der Waals surface area contributed by atoms with E-state index in [9.17, 15) is 9.59 Å². The van der Waals surface area contributed by atoms with Crippen molar-refractivity contribution in [1.29, 1.82) is 0 Å². The Morgan fingerprint density at radius 1 is 1.48 bits per heavy atom. The second-order valence-corrected chi connectivity index (χ2v) is 4.80. The average molecular weight is 389 g/mol. The van der Waals surface area contributed by atoms with Crippen molar-refractivity contribution in [2.24, 2.45) is 0 Å². The Morgan fingerprint density at radius 2 is 2.26 bits per heavy atom. The molecule has 23 heavy (non-hydrogen) atoms. The van der Waals surface area contributed by atoms with Gasteiger partial charge in [-0.3, -0.25) is 4.79 Å². The summed E-state index contributed by atoms with van der Waals surface area (Å²) < 4.78 is 7.41. The second-order valence-electron chi connectivity index (χ2n) is 4.80. The summed E-state index contributed by atoms with van der Waals surface area (Å²) in [5.74, 6) is 0.331. The first-order valence-corrected chi connectivity index (χ1v) is 6.59. The maximum Gasteiger partial charge on any atom is 0.255 e. The molecule has 0 spiro atoms. The molecule has 1 N–H and O–H groups in total. The number of rotatable bonds is 3. The Labute approximate surface area is 162 Å². The molecule has 0 aromatic carbocycles. The molecule has 3 heterocycles. The number of amides is 2. The molecule has 0 bridgehead atoms. The third-order valence-electron chi connectivity index (χ3n) is 3.53. The van der Waals surface area contributed by atoms with Gasteiger partial charge in [0.25, 0.3) is 5.91 Å². The minimum absolute atomic E-state index is 0. The van der Waals surface area contributed by atoms with Crippen LogP contribution in [0.25, 0.3) is 5.52 Å². The van der Waals surface area contributed by atoms with Crippen molar-refractivity contribution in [3.8, 4) is 0 Å². The van der Waals surface area contributed by atoms with E-state index in [0.717, 1.165) is 5.52 Å². The van der Waals surface area contributed by atoms with E-state index in [1.807, 2.05) is 18.2 Å². The summed E-state index contributed by atoms with van der Waals surface area (Å²) in [4.78, 5) is 25.9. The number of pyridine rings is 1. The quantitative estimate of drug-likeness (QED) is 0.639. The molecule has 7 heteroatoms. The summed E-state index contributed by atoms with van der Waals surface area (Å²) >= 11 is 0. The van der Waals surface area contributed by atoms with Crippen LogP contribution < -0.4 is 5.32 Å². The van der Waals surface area contributed by atoms with Crippen molar-refractivity contribution in [1.82, 2.24) is 19.8 Å². The molecule has 0 atom stereocenters. The van der Waals surface area contributed by atoms with Crippen LogP contribution >= 0.6 is 0 Å². The molecule has 2 amide bonds. The van der Waals surface area contributed by atoms with Gasteiger partial charge in [-0.1, -0.05) is 25.9 Å². The van der Waals surface area contributed by atoms with Crippen LogP contribution in [0.2, 0.25) is 0 Å². The zero-order valence-electron chi connectivity index (χ0n) is 14.0. The molecule has 1 aliphatic heterocycles. The molecule has 0 unspecified atom stereocenters. The SMILES string of the molecule is C=[C-]NC(=O)[C-]1CCN(C(=O)c2cnn3ccccc23)C1.[3H]C.[Y]. The smallest absolute Gasteiger partial charge is 0.255 e. The van der Waals surface area contributed by atoms with Gasteiger partial charge in [0.2, 0.25) is 0 Å². The van der Waals surface area contributed by atoms with Gasteiger partial charge in [0.05, 0.1) is 17.3 Å². The third kappa shape index (κ3) is 3.82. The summed E-state index contributed by atoms with van der Waals surface area (Å²) in [7, 11) is 1.25. The van der Waals surface area contributed by atoms with Crippen LogP contribution in [0.5, 0.6) is 0 Å². The van der Waals surface area contributed by atoms with Crippen molar-refractivity contribution in [3.05, 3.63) is 54.9 Å². The monoisotopic (exact) mass is 389 g/mol. The molecule has 0 aliphatic carbocycles. The maximum atomic E-state index is 12.5.